The molecule has 2 fully saturated rings. The molecule has 152 valence electrons. The third kappa shape index (κ3) is 4.39. The van der Waals surface area contributed by atoms with E-state index in [1.807, 2.05) is 23.6 Å². The van der Waals surface area contributed by atoms with E-state index in [4.69, 9.17) is 9.72 Å². The molecule has 2 aliphatic rings. The number of β-amino-alcohol motifs (C(OH)–C–C–N with tert-alkyl or cyclic N) is 1. The highest BCUT2D eigenvalue weighted by Crippen LogP contribution is 2.34. The van der Waals surface area contributed by atoms with Gasteiger partial charge in [0.25, 0.3) is 0 Å². The normalized spacial score (nSPS) is 23.2. The Balaban J connectivity index is 1.34. The van der Waals surface area contributed by atoms with Gasteiger partial charge in [0.15, 0.2) is 0 Å². The first-order chi connectivity index (χ1) is 13.6. The second kappa shape index (κ2) is 8.47. The second-order valence-electron chi connectivity index (χ2n) is 7.92. The number of benzene rings is 1. The molecule has 0 amide bonds. The van der Waals surface area contributed by atoms with Crippen LogP contribution in [-0.2, 0) is 18.7 Å². The van der Waals surface area contributed by atoms with Gasteiger partial charge >= 0.3 is 0 Å². The van der Waals surface area contributed by atoms with Crippen molar-refractivity contribution in [3.63, 3.8) is 0 Å². The lowest BCUT2D eigenvalue weighted by atomic mass is 9.88. The molecule has 2 N–H and O–H groups in total. The molecule has 7 heteroatoms. The molecule has 2 saturated heterocycles. The van der Waals surface area contributed by atoms with E-state index in [2.05, 4.69) is 15.9 Å². The molecule has 2 aromatic rings. The van der Waals surface area contributed by atoms with Crippen LogP contribution in [0.15, 0.2) is 29.6 Å². The zero-order chi connectivity index (χ0) is 19.6. The number of aliphatic hydroxyl groups excluding tert-OH is 1. The lowest BCUT2D eigenvalue weighted by Gasteiger charge is -2.37. The fraction of sp³-hybridized carbons (Fsp3) is 0.571. The number of methoxy groups -OCH3 is 1. The molecule has 0 radical (unpaired) electrons. The lowest BCUT2D eigenvalue weighted by Crippen LogP contribution is -2.42. The first kappa shape index (κ1) is 19.8. The topological polar surface area (TPSA) is 69.1 Å². The summed E-state index contributed by atoms with van der Waals surface area (Å²) in [6.45, 7) is 4.90. The highest BCUT2D eigenvalue weighted by atomic mass is 32.1. The Bertz CT molecular complexity index is 789. The molecule has 0 bridgehead atoms. The summed E-state index contributed by atoms with van der Waals surface area (Å²) in [5, 5.41) is 23.9. The molecule has 0 spiro atoms. The van der Waals surface area contributed by atoms with E-state index in [-0.39, 0.29) is 6.10 Å². The molecule has 6 nitrogen and oxygen atoms in total. The van der Waals surface area contributed by atoms with Crippen LogP contribution < -0.4 is 4.74 Å². The molecule has 0 saturated carbocycles. The second-order valence-corrected chi connectivity index (χ2v) is 8.87. The van der Waals surface area contributed by atoms with Crippen LogP contribution in [0.25, 0.3) is 0 Å². The average molecular weight is 404 g/mol. The van der Waals surface area contributed by atoms with Crippen molar-refractivity contribution in [3.05, 3.63) is 45.9 Å². The van der Waals surface area contributed by atoms with Crippen molar-refractivity contribution >= 4 is 11.3 Å². The predicted molar refractivity (Wildman–Crippen MR) is 109 cm³/mol. The minimum atomic E-state index is -0.837. The third-order valence-electron chi connectivity index (χ3n) is 5.90. The Morgan fingerprint density at radius 1 is 1.18 bits per heavy atom. The summed E-state index contributed by atoms with van der Waals surface area (Å²) in [5.74, 6) is 0.916. The fourth-order valence-electron chi connectivity index (χ4n) is 4.16. The molecule has 4 rings (SSSR count). The van der Waals surface area contributed by atoms with Gasteiger partial charge in [-0.1, -0.05) is 18.2 Å². The predicted octanol–water partition coefficient (Wildman–Crippen LogP) is 2.20. The van der Waals surface area contributed by atoms with Crippen molar-refractivity contribution in [2.24, 2.45) is 0 Å². The highest BCUT2D eigenvalue weighted by molar-refractivity contribution is 7.09. The minimum Gasteiger partial charge on any atom is -0.496 e. The van der Waals surface area contributed by atoms with Crippen LogP contribution in [-0.4, -0.2) is 64.4 Å². The van der Waals surface area contributed by atoms with Gasteiger partial charge in [-0.15, -0.1) is 11.3 Å². The zero-order valence-electron chi connectivity index (χ0n) is 16.4. The lowest BCUT2D eigenvalue weighted by molar-refractivity contribution is -0.0308. The van der Waals surface area contributed by atoms with Crippen molar-refractivity contribution in [2.75, 3.05) is 33.3 Å². The SMILES string of the molecule is COc1ccccc1CN1CCC(O)(c2csc(CN3CCC(O)C3)n2)CC1. The van der Waals surface area contributed by atoms with Gasteiger partial charge in [-0.2, -0.15) is 0 Å². The van der Waals surface area contributed by atoms with Gasteiger partial charge in [0, 0.05) is 43.7 Å². The largest absolute Gasteiger partial charge is 0.496 e. The number of piperidine rings is 1. The number of hydrogen-bond acceptors (Lipinski definition) is 7. The van der Waals surface area contributed by atoms with Crippen LogP contribution >= 0.6 is 11.3 Å². The first-order valence-electron chi connectivity index (χ1n) is 9.98. The summed E-state index contributed by atoms with van der Waals surface area (Å²) >= 11 is 1.61. The van der Waals surface area contributed by atoms with E-state index in [9.17, 15) is 10.2 Å². The molecule has 0 aliphatic carbocycles. The van der Waals surface area contributed by atoms with Gasteiger partial charge < -0.3 is 14.9 Å². The quantitative estimate of drug-likeness (QED) is 0.771. The van der Waals surface area contributed by atoms with E-state index >= 15 is 0 Å². The number of thiazole rings is 1. The van der Waals surface area contributed by atoms with Crippen molar-refractivity contribution in [1.82, 2.24) is 14.8 Å². The Morgan fingerprint density at radius 2 is 1.96 bits per heavy atom. The monoisotopic (exact) mass is 403 g/mol. The number of likely N-dealkylation sites (tertiary alicyclic amines) is 2. The van der Waals surface area contributed by atoms with Crippen LogP contribution in [0, 0.1) is 0 Å². The van der Waals surface area contributed by atoms with Crippen molar-refractivity contribution in [1.29, 1.82) is 0 Å². The molecule has 1 aromatic carbocycles. The van der Waals surface area contributed by atoms with E-state index in [1.54, 1.807) is 18.4 Å². The number of ether oxygens (including phenoxy) is 1. The summed E-state index contributed by atoms with van der Waals surface area (Å²) in [7, 11) is 1.70. The summed E-state index contributed by atoms with van der Waals surface area (Å²) < 4.78 is 5.46. The maximum atomic E-state index is 11.2. The summed E-state index contributed by atoms with van der Waals surface area (Å²) in [5.41, 5.74) is 1.15. The molecule has 3 heterocycles. The standard InChI is InChI=1S/C21H29N3O3S/c1-27-18-5-3-2-4-16(18)12-23-10-7-21(26,8-11-23)19-15-28-20(22-19)14-24-9-6-17(25)13-24/h2-5,15,17,25-26H,6-14H2,1H3. The number of para-hydroxylation sites is 1. The molecular formula is C21H29N3O3S. The van der Waals surface area contributed by atoms with E-state index in [0.29, 0.717) is 12.8 Å². The van der Waals surface area contributed by atoms with Gasteiger partial charge in [0.1, 0.15) is 16.4 Å². The Morgan fingerprint density at radius 3 is 2.68 bits per heavy atom. The Kier molecular flexibility index (Phi) is 5.99. The Hall–Kier alpha value is -1.51. The molecular weight excluding hydrogens is 374 g/mol. The van der Waals surface area contributed by atoms with Crippen LogP contribution in [0.2, 0.25) is 0 Å². The number of rotatable bonds is 6. The van der Waals surface area contributed by atoms with Crippen LogP contribution in [0.4, 0.5) is 0 Å². The third-order valence-corrected chi connectivity index (χ3v) is 6.74. The number of aromatic nitrogens is 1. The van der Waals surface area contributed by atoms with Crippen LogP contribution in [0.3, 0.4) is 0 Å². The molecule has 1 unspecified atom stereocenters. The van der Waals surface area contributed by atoms with Crippen LogP contribution in [0.5, 0.6) is 5.75 Å². The number of hydrogen-bond donors (Lipinski definition) is 2. The van der Waals surface area contributed by atoms with E-state index < -0.39 is 5.60 Å². The maximum absolute atomic E-state index is 11.2. The van der Waals surface area contributed by atoms with Gasteiger partial charge in [0.2, 0.25) is 0 Å². The minimum absolute atomic E-state index is 0.212. The molecule has 28 heavy (non-hydrogen) atoms. The smallest absolute Gasteiger partial charge is 0.123 e. The zero-order valence-corrected chi connectivity index (χ0v) is 17.2. The van der Waals surface area contributed by atoms with Crippen molar-refractivity contribution in [3.8, 4) is 5.75 Å². The number of nitrogens with zero attached hydrogens (tertiary/aromatic N) is 3. The highest BCUT2D eigenvalue weighted by Gasteiger charge is 2.36. The van der Waals surface area contributed by atoms with Crippen molar-refractivity contribution in [2.45, 2.75) is 44.1 Å². The van der Waals surface area contributed by atoms with Crippen LogP contribution in [0.1, 0.15) is 35.5 Å². The first-order valence-corrected chi connectivity index (χ1v) is 10.9. The number of aliphatic hydroxyl groups is 2. The Labute approximate surface area is 170 Å². The molecule has 1 atom stereocenters. The fourth-order valence-corrected chi connectivity index (χ4v) is 5.08. The van der Waals surface area contributed by atoms with Crippen molar-refractivity contribution < 1.29 is 14.9 Å². The van der Waals surface area contributed by atoms with Gasteiger partial charge in [-0.05, 0) is 25.3 Å². The average Bonchev–Trinajstić information content (AvgIpc) is 3.34. The summed E-state index contributed by atoms with van der Waals surface area (Å²) in [4.78, 5) is 9.33. The summed E-state index contributed by atoms with van der Waals surface area (Å²) in [6.07, 6.45) is 2.00. The summed E-state index contributed by atoms with van der Waals surface area (Å²) in [6, 6.07) is 8.11. The molecule has 1 aromatic heterocycles. The van der Waals surface area contributed by atoms with Gasteiger partial charge in [-0.25, -0.2) is 4.98 Å². The van der Waals surface area contributed by atoms with Gasteiger partial charge in [0.05, 0.1) is 25.5 Å². The van der Waals surface area contributed by atoms with E-state index in [1.165, 1.54) is 5.56 Å². The molecule has 2 aliphatic heterocycles. The maximum Gasteiger partial charge on any atom is 0.123 e. The van der Waals surface area contributed by atoms with E-state index in [0.717, 1.165) is 62.1 Å². The van der Waals surface area contributed by atoms with Gasteiger partial charge in [-0.3, -0.25) is 9.80 Å².